The van der Waals surface area contributed by atoms with Crippen molar-refractivity contribution in [2.75, 3.05) is 12.4 Å². The summed E-state index contributed by atoms with van der Waals surface area (Å²) in [6.45, 7) is 2.38. The van der Waals surface area contributed by atoms with Crippen molar-refractivity contribution in [1.29, 1.82) is 0 Å². The van der Waals surface area contributed by atoms with Gasteiger partial charge in [-0.1, -0.05) is 30.0 Å². The molecular weight excluding hydrogens is 220 g/mol. The summed E-state index contributed by atoms with van der Waals surface area (Å²) in [7, 11) is 0. The second-order valence-electron chi connectivity index (χ2n) is 3.67. The Bertz CT molecular complexity index is 424. The number of fused-ring (bicyclic) bond motifs is 1. The van der Waals surface area contributed by atoms with Crippen LogP contribution in [0.3, 0.4) is 0 Å². The van der Waals surface area contributed by atoms with Crippen LogP contribution in [0.2, 0.25) is 0 Å². The number of hydrogen-bond donors (Lipinski definition) is 0. The topological polar surface area (TPSA) is 26.3 Å². The average molecular weight is 234 g/mol. The van der Waals surface area contributed by atoms with Crippen molar-refractivity contribution < 1.29 is 9.53 Å². The highest BCUT2D eigenvalue weighted by molar-refractivity contribution is 8.13. The number of rotatable bonds is 3. The molecule has 84 valence electrons. The Balaban J connectivity index is 1.97. The van der Waals surface area contributed by atoms with E-state index in [0.717, 1.165) is 24.5 Å². The lowest BCUT2D eigenvalue weighted by molar-refractivity contribution is -0.109. The van der Waals surface area contributed by atoms with E-state index in [4.69, 9.17) is 4.74 Å². The fourth-order valence-corrected chi connectivity index (χ4v) is 2.09. The molecule has 1 aliphatic heterocycles. The molecule has 1 aromatic carbocycles. The van der Waals surface area contributed by atoms with Gasteiger partial charge in [-0.05, 0) is 23.3 Å². The van der Waals surface area contributed by atoms with E-state index >= 15 is 0 Å². The molecule has 2 rings (SSSR count). The second-order valence-corrected chi connectivity index (χ2v) is 4.87. The van der Waals surface area contributed by atoms with Gasteiger partial charge in [-0.15, -0.1) is 0 Å². The summed E-state index contributed by atoms with van der Waals surface area (Å²) in [4.78, 5) is 10.7. The Labute approximate surface area is 99.7 Å². The predicted octanol–water partition coefficient (Wildman–Crippen LogP) is 2.91. The maximum Gasteiger partial charge on any atom is 0.186 e. The minimum absolute atomic E-state index is 0.159. The van der Waals surface area contributed by atoms with E-state index in [0.29, 0.717) is 0 Å². The lowest BCUT2D eigenvalue weighted by Crippen LogP contribution is -1.85. The number of thioether (sulfide) groups is 1. The van der Waals surface area contributed by atoms with Gasteiger partial charge in [-0.2, -0.15) is 0 Å². The molecule has 0 radical (unpaired) electrons. The smallest absolute Gasteiger partial charge is 0.186 e. The van der Waals surface area contributed by atoms with Gasteiger partial charge in [0.1, 0.15) is 5.75 Å². The van der Waals surface area contributed by atoms with Gasteiger partial charge in [0.2, 0.25) is 0 Å². The molecule has 0 unspecified atom stereocenters. The van der Waals surface area contributed by atoms with Crippen molar-refractivity contribution in [2.45, 2.75) is 13.3 Å². The van der Waals surface area contributed by atoms with Gasteiger partial charge in [-0.25, -0.2) is 0 Å². The summed E-state index contributed by atoms with van der Waals surface area (Å²) in [5.74, 6) is 1.75. The fourth-order valence-electron chi connectivity index (χ4n) is 1.66. The van der Waals surface area contributed by atoms with Crippen LogP contribution in [0.15, 0.2) is 24.3 Å². The van der Waals surface area contributed by atoms with E-state index in [-0.39, 0.29) is 5.12 Å². The zero-order chi connectivity index (χ0) is 11.4. The van der Waals surface area contributed by atoms with Gasteiger partial charge >= 0.3 is 0 Å². The normalized spacial score (nSPS) is 13.8. The Kier molecular flexibility index (Phi) is 3.67. The molecule has 0 saturated heterocycles. The molecule has 2 nitrogen and oxygen atoms in total. The molecule has 0 N–H and O–H groups in total. The van der Waals surface area contributed by atoms with Gasteiger partial charge in [0.15, 0.2) is 5.12 Å². The van der Waals surface area contributed by atoms with Crippen molar-refractivity contribution in [3.63, 3.8) is 0 Å². The van der Waals surface area contributed by atoms with Crippen molar-refractivity contribution in [3.05, 3.63) is 35.4 Å². The van der Waals surface area contributed by atoms with Gasteiger partial charge in [0.25, 0.3) is 0 Å². The highest BCUT2D eigenvalue weighted by Crippen LogP contribution is 2.26. The monoisotopic (exact) mass is 234 g/mol. The highest BCUT2D eigenvalue weighted by Gasteiger charge is 2.10. The van der Waals surface area contributed by atoms with E-state index in [1.165, 1.54) is 22.9 Å². The number of carbonyl (C=O) groups excluding carboxylic acids is 1. The van der Waals surface area contributed by atoms with Crippen LogP contribution in [0.5, 0.6) is 5.75 Å². The van der Waals surface area contributed by atoms with Crippen LogP contribution in [0.1, 0.15) is 18.1 Å². The first-order valence-electron chi connectivity index (χ1n) is 5.31. The Morgan fingerprint density at radius 1 is 1.56 bits per heavy atom. The van der Waals surface area contributed by atoms with Crippen molar-refractivity contribution >= 4 is 23.0 Å². The Hall–Kier alpha value is -1.22. The fraction of sp³-hybridized carbons (Fsp3) is 0.308. The SMILES string of the molecule is CC(=O)SCC=Cc1ccc2c(c1)CCO2. The third kappa shape index (κ3) is 2.89. The van der Waals surface area contributed by atoms with Crippen LogP contribution in [0, 0.1) is 0 Å². The number of hydrogen-bond acceptors (Lipinski definition) is 3. The minimum Gasteiger partial charge on any atom is -0.493 e. The van der Waals surface area contributed by atoms with Gasteiger partial charge in [0.05, 0.1) is 6.61 Å². The molecule has 0 amide bonds. The van der Waals surface area contributed by atoms with E-state index in [1.54, 1.807) is 6.92 Å². The van der Waals surface area contributed by atoms with Crippen LogP contribution < -0.4 is 4.74 Å². The van der Waals surface area contributed by atoms with E-state index in [2.05, 4.69) is 12.1 Å². The lowest BCUT2D eigenvalue weighted by Gasteiger charge is -1.99. The van der Waals surface area contributed by atoms with Gasteiger partial charge in [-0.3, -0.25) is 4.79 Å². The molecule has 1 aliphatic rings. The maximum absolute atomic E-state index is 10.7. The molecule has 0 spiro atoms. The van der Waals surface area contributed by atoms with Crippen LogP contribution in [0.4, 0.5) is 0 Å². The molecular formula is C13H14O2S. The lowest BCUT2D eigenvalue weighted by atomic mass is 10.1. The highest BCUT2D eigenvalue weighted by atomic mass is 32.2. The van der Waals surface area contributed by atoms with Crippen molar-refractivity contribution in [2.24, 2.45) is 0 Å². The standard InChI is InChI=1S/C13H14O2S/c1-10(14)16-8-2-3-11-4-5-13-12(9-11)6-7-15-13/h2-5,9H,6-8H2,1H3. The Morgan fingerprint density at radius 3 is 3.25 bits per heavy atom. The van der Waals surface area contributed by atoms with E-state index in [9.17, 15) is 4.79 Å². The number of ether oxygens (including phenoxy) is 1. The molecule has 0 saturated carbocycles. The Morgan fingerprint density at radius 2 is 2.44 bits per heavy atom. The maximum atomic E-state index is 10.7. The first-order valence-corrected chi connectivity index (χ1v) is 6.30. The largest absolute Gasteiger partial charge is 0.493 e. The molecule has 0 bridgehead atoms. The summed E-state index contributed by atoms with van der Waals surface area (Å²) in [5, 5.41) is 0.159. The molecule has 16 heavy (non-hydrogen) atoms. The first-order chi connectivity index (χ1) is 7.75. The minimum atomic E-state index is 0.159. The molecule has 0 fully saturated rings. The molecule has 0 aliphatic carbocycles. The second kappa shape index (κ2) is 5.21. The van der Waals surface area contributed by atoms with E-state index in [1.807, 2.05) is 18.2 Å². The van der Waals surface area contributed by atoms with Crippen LogP contribution in [0.25, 0.3) is 6.08 Å². The summed E-state index contributed by atoms with van der Waals surface area (Å²) in [6.07, 6.45) is 5.07. The average Bonchev–Trinajstić information content (AvgIpc) is 2.71. The van der Waals surface area contributed by atoms with Gasteiger partial charge < -0.3 is 4.74 Å². The number of benzene rings is 1. The summed E-state index contributed by atoms with van der Waals surface area (Å²) >= 11 is 1.33. The molecule has 0 aromatic heterocycles. The third-order valence-electron chi connectivity index (χ3n) is 2.41. The summed E-state index contributed by atoms with van der Waals surface area (Å²) in [5.41, 5.74) is 2.45. The van der Waals surface area contributed by atoms with Crippen molar-refractivity contribution in [3.8, 4) is 5.75 Å². The van der Waals surface area contributed by atoms with Gasteiger partial charge in [0, 0.05) is 19.1 Å². The van der Waals surface area contributed by atoms with Crippen LogP contribution >= 0.6 is 11.8 Å². The predicted molar refractivity (Wildman–Crippen MR) is 67.8 cm³/mol. The molecule has 1 aromatic rings. The molecule has 0 atom stereocenters. The van der Waals surface area contributed by atoms with E-state index < -0.39 is 0 Å². The number of carbonyl (C=O) groups is 1. The van der Waals surface area contributed by atoms with Crippen molar-refractivity contribution in [1.82, 2.24) is 0 Å². The third-order valence-corrected chi connectivity index (χ3v) is 3.17. The quantitative estimate of drug-likeness (QED) is 0.804. The molecule has 3 heteroatoms. The molecule has 1 heterocycles. The van der Waals surface area contributed by atoms with Crippen LogP contribution in [-0.2, 0) is 11.2 Å². The zero-order valence-electron chi connectivity index (χ0n) is 9.23. The summed E-state index contributed by atoms with van der Waals surface area (Å²) < 4.78 is 5.44. The van der Waals surface area contributed by atoms with Crippen LogP contribution in [-0.4, -0.2) is 17.5 Å². The summed E-state index contributed by atoms with van der Waals surface area (Å²) in [6, 6.07) is 6.20. The zero-order valence-corrected chi connectivity index (χ0v) is 10.0. The first kappa shape index (κ1) is 11.3.